The fourth-order valence-corrected chi connectivity index (χ4v) is 4.87. The van der Waals surface area contributed by atoms with E-state index >= 15 is 0 Å². The van der Waals surface area contributed by atoms with Gasteiger partial charge in [-0.05, 0) is 61.6 Å². The van der Waals surface area contributed by atoms with Gasteiger partial charge < -0.3 is 29.7 Å². The van der Waals surface area contributed by atoms with Crippen LogP contribution in [0.2, 0.25) is 5.02 Å². The molecule has 0 fully saturated rings. The van der Waals surface area contributed by atoms with Crippen molar-refractivity contribution in [2.24, 2.45) is 0 Å². The fourth-order valence-electron chi connectivity index (χ4n) is 4.66. The van der Waals surface area contributed by atoms with Gasteiger partial charge in [-0.3, -0.25) is 4.79 Å². The molecule has 1 aliphatic rings. The summed E-state index contributed by atoms with van der Waals surface area (Å²) in [5.74, 6) is -1.68. The lowest BCUT2D eigenvalue weighted by molar-refractivity contribution is -0.142. The maximum atomic E-state index is 12.8. The van der Waals surface area contributed by atoms with Crippen LogP contribution in [0, 0.1) is 0 Å². The number of phenols is 1. The van der Waals surface area contributed by atoms with E-state index in [1.807, 2.05) is 0 Å². The maximum Gasteiger partial charge on any atom is 0.339 e. The number of fused-ring (bicyclic) bond motifs is 4. The number of aliphatic carboxylic acids is 1. The summed E-state index contributed by atoms with van der Waals surface area (Å²) >= 11 is 6.42. The first kappa shape index (κ1) is 23.7. The molecular formula is C26H23ClN2O7. The largest absolute Gasteiger partial charge is 0.508 e. The number of rotatable bonds is 7. The van der Waals surface area contributed by atoms with Crippen LogP contribution in [0.3, 0.4) is 0 Å². The molecule has 5 rings (SSSR count). The van der Waals surface area contributed by atoms with Crippen molar-refractivity contribution in [1.82, 2.24) is 10.3 Å². The van der Waals surface area contributed by atoms with Gasteiger partial charge in [0.2, 0.25) is 0 Å². The van der Waals surface area contributed by atoms with Crippen LogP contribution in [0.15, 0.2) is 45.7 Å². The van der Waals surface area contributed by atoms with Gasteiger partial charge in [0.05, 0.1) is 5.02 Å². The molecule has 186 valence electrons. The highest BCUT2D eigenvalue weighted by Crippen LogP contribution is 2.35. The molecule has 0 bridgehead atoms. The molecule has 2 unspecified atom stereocenters. The van der Waals surface area contributed by atoms with Gasteiger partial charge in [-0.1, -0.05) is 11.6 Å². The van der Waals surface area contributed by atoms with E-state index < -0.39 is 24.0 Å². The summed E-state index contributed by atoms with van der Waals surface area (Å²) in [5, 5.41) is 23.6. The molecule has 2 aromatic heterocycles. The minimum absolute atomic E-state index is 0.00968. The number of ether oxygens (including phenoxy) is 1. The van der Waals surface area contributed by atoms with Crippen LogP contribution in [-0.4, -0.2) is 39.2 Å². The quantitative estimate of drug-likeness (QED) is 0.278. The van der Waals surface area contributed by atoms with Crippen molar-refractivity contribution in [2.75, 3.05) is 0 Å². The van der Waals surface area contributed by atoms with Gasteiger partial charge in [0.15, 0.2) is 6.10 Å². The Kier molecular flexibility index (Phi) is 6.09. The van der Waals surface area contributed by atoms with Gasteiger partial charge >= 0.3 is 11.6 Å². The van der Waals surface area contributed by atoms with Crippen molar-refractivity contribution < 1.29 is 29.0 Å². The number of amides is 1. The van der Waals surface area contributed by atoms with Gasteiger partial charge in [0, 0.05) is 40.5 Å². The molecule has 0 radical (unpaired) electrons. The number of aromatic hydroxyl groups is 1. The molecule has 0 spiro atoms. The number of aromatic nitrogens is 1. The number of halogens is 1. The van der Waals surface area contributed by atoms with Crippen molar-refractivity contribution in [2.45, 2.75) is 44.8 Å². The Morgan fingerprint density at radius 1 is 1.19 bits per heavy atom. The number of carbonyl (C=O) groups excluding carboxylic acids is 1. The smallest absolute Gasteiger partial charge is 0.339 e. The molecule has 2 atom stereocenters. The zero-order chi connectivity index (χ0) is 25.6. The highest BCUT2D eigenvalue weighted by Gasteiger charge is 2.27. The Balaban J connectivity index is 1.33. The average Bonchev–Trinajstić information content (AvgIpc) is 3.47. The number of phenolic OH excluding ortho intramolecular Hbond substituents is 1. The van der Waals surface area contributed by atoms with E-state index in [4.69, 9.17) is 20.8 Å². The van der Waals surface area contributed by atoms with Gasteiger partial charge in [-0.2, -0.15) is 0 Å². The first-order chi connectivity index (χ1) is 17.2. The average molecular weight is 511 g/mol. The van der Waals surface area contributed by atoms with Gasteiger partial charge in [0.1, 0.15) is 23.1 Å². The number of carbonyl (C=O) groups is 2. The van der Waals surface area contributed by atoms with Crippen LogP contribution in [0.4, 0.5) is 0 Å². The molecule has 9 nitrogen and oxygen atoms in total. The highest BCUT2D eigenvalue weighted by molar-refractivity contribution is 6.32. The molecular weight excluding hydrogens is 488 g/mol. The Morgan fingerprint density at radius 2 is 1.97 bits per heavy atom. The zero-order valence-electron chi connectivity index (χ0n) is 19.3. The number of aromatic amines is 1. The third-order valence-corrected chi connectivity index (χ3v) is 6.78. The summed E-state index contributed by atoms with van der Waals surface area (Å²) in [4.78, 5) is 40.0. The predicted molar refractivity (Wildman–Crippen MR) is 133 cm³/mol. The zero-order valence-corrected chi connectivity index (χ0v) is 20.0. The molecule has 2 aromatic carbocycles. The molecule has 4 N–H and O–H groups in total. The molecule has 10 heteroatoms. The number of carboxylic acid groups (broad SMARTS) is 1. The summed E-state index contributed by atoms with van der Waals surface area (Å²) in [6.07, 6.45) is 2.85. The van der Waals surface area contributed by atoms with Crippen LogP contribution in [0.25, 0.3) is 21.9 Å². The van der Waals surface area contributed by atoms with E-state index in [-0.39, 0.29) is 28.6 Å². The number of H-pyrrole nitrogens is 1. The van der Waals surface area contributed by atoms with E-state index in [1.54, 1.807) is 18.3 Å². The fraction of sp³-hybridized carbons (Fsp3) is 0.269. The molecule has 0 aliphatic heterocycles. The van der Waals surface area contributed by atoms with Crippen LogP contribution < -0.4 is 15.7 Å². The highest BCUT2D eigenvalue weighted by atomic mass is 35.5. The normalized spacial score (nSPS) is 14.5. The number of benzene rings is 2. The molecule has 1 amide bonds. The topological polar surface area (TPSA) is 142 Å². The first-order valence-corrected chi connectivity index (χ1v) is 11.9. The Bertz CT molecular complexity index is 1570. The second-order valence-electron chi connectivity index (χ2n) is 8.89. The number of nitrogens with one attached hydrogen (secondary N) is 2. The summed E-state index contributed by atoms with van der Waals surface area (Å²) in [6.45, 7) is 1.47. The van der Waals surface area contributed by atoms with Crippen molar-refractivity contribution in [1.29, 1.82) is 0 Å². The van der Waals surface area contributed by atoms with E-state index in [9.17, 15) is 24.6 Å². The maximum absolute atomic E-state index is 12.8. The molecule has 36 heavy (non-hydrogen) atoms. The first-order valence-electron chi connectivity index (χ1n) is 11.5. The SMILES string of the molecule is CC(Oc1cc2oc(=O)c3c(c2cc1Cl)CCC3)C(=O)NC(Cc1c[nH]c2ccc(O)cc12)C(=O)O. The van der Waals surface area contributed by atoms with Crippen LogP contribution >= 0.6 is 11.6 Å². The van der Waals surface area contributed by atoms with Crippen LogP contribution in [0.1, 0.15) is 30.0 Å². The lowest BCUT2D eigenvalue weighted by Crippen LogP contribution is -2.47. The third kappa shape index (κ3) is 4.37. The summed E-state index contributed by atoms with van der Waals surface area (Å²) in [5.41, 5.74) is 2.89. The van der Waals surface area contributed by atoms with Crippen LogP contribution in [-0.2, 0) is 28.9 Å². The Morgan fingerprint density at radius 3 is 2.75 bits per heavy atom. The minimum atomic E-state index is -1.24. The minimum Gasteiger partial charge on any atom is -0.508 e. The molecule has 1 aliphatic carbocycles. The predicted octanol–water partition coefficient (Wildman–Crippen LogP) is 3.70. The molecule has 4 aromatic rings. The third-order valence-electron chi connectivity index (χ3n) is 6.49. The monoisotopic (exact) mass is 510 g/mol. The lowest BCUT2D eigenvalue weighted by atomic mass is 10.0. The van der Waals surface area contributed by atoms with E-state index in [0.717, 1.165) is 29.3 Å². The lowest BCUT2D eigenvalue weighted by Gasteiger charge is -2.19. The summed E-state index contributed by atoms with van der Waals surface area (Å²) in [7, 11) is 0. The van der Waals surface area contributed by atoms with E-state index in [2.05, 4.69) is 10.3 Å². The summed E-state index contributed by atoms with van der Waals surface area (Å²) < 4.78 is 11.2. The van der Waals surface area contributed by atoms with Crippen molar-refractivity contribution in [3.8, 4) is 11.5 Å². The van der Waals surface area contributed by atoms with Gasteiger partial charge in [-0.15, -0.1) is 0 Å². The van der Waals surface area contributed by atoms with Gasteiger partial charge in [0.25, 0.3) is 5.91 Å². The van der Waals surface area contributed by atoms with E-state index in [0.29, 0.717) is 28.5 Å². The van der Waals surface area contributed by atoms with Crippen molar-refractivity contribution >= 4 is 45.3 Å². The Labute approximate surface area is 209 Å². The molecule has 0 saturated heterocycles. The van der Waals surface area contributed by atoms with Crippen molar-refractivity contribution in [3.63, 3.8) is 0 Å². The number of aryl methyl sites for hydroxylation is 1. The second-order valence-corrected chi connectivity index (χ2v) is 9.29. The Hall–Kier alpha value is -3.98. The van der Waals surface area contributed by atoms with Crippen LogP contribution in [0.5, 0.6) is 11.5 Å². The second kappa shape index (κ2) is 9.23. The van der Waals surface area contributed by atoms with E-state index in [1.165, 1.54) is 25.1 Å². The molecule has 0 saturated carbocycles. The summed E-state index contributed by atoms with van der Waals surface area (Å²) in [6, 6.07) is 6.64. The van der Waals surface area contributed by atoms with Gasteiger partial charge in [-0.25, -0.2) is 9.59 Å². The standard InChI is InChI=1S/C26H23ClN2O7/c1-12(35-23-10-22-18(9-19(23)27)15-3-2-4-16(15)26(34)36-22)24(31)29-21(25(32)33)7-13-11-28-20-6-5-14(30)8-17(13)20/h5-6,8-12,21,28,30H,2-4,7H2,1H3,(H,29,31)(H,32,33). The number of hydrogen-bond acceptors (Lipinski definition) is 6. The number of carboxylic acids is 1. The molecule has 2 heterocycles. The van der Waals surface area contributed by atoms with Crippen molar-refractivity contribution in [3.05, 3.63) is 68.7 Å². The number of hydrogen-bond donors (Lipinski definition) is 4.